The number of rotatable bonds is 4. The van der Waals surface area contributed by atoms with Gasteiger partial charge in [0.05, 0.1) is 0 Å². The Balaban J connectivity index is 5.65. The standard InChI is InChI=1S/C6F14Te/c7-1(8,3(11,12)13)5(17,18)21-6(19,20)2(9,10)4(14,15)16. The van der Waals surface area contributed by atoms with Crippen LogP contribution in [0.5, 0.6) is 0 Å². The maximum atomic E-state index is 12.5. The van der Waals surface area contributed by atoms with Crippen molar-refractivity contribution < 1.29 is 61.5 Å². The van der Waals surface area contributed by atoms with Crippen molar-refractivity contribution >= 4 is 20.9 Å². The fourth-order valence-electron chi connectivity index (χ4n) is 0.619. The van der Waals surface area contributed by atoms with Gasteiger partial charge in [0.2, 0.25) is 0 Å². The zero-order valence-electron chi connectivity index (χ0n) is 8.70. The van der Waals surface area contributed by atoms with Crippen molar-refractivity contribution in [1.29, 1.82) is 0 Å². The fraction of sp³-hybridized carbons (Fsp3) is 1.00. The zero-order chi connectivity index (χ0) is 17.7. The predicted molar refractivity (Wildman–Crippen MR) is 37.7 cm³/mol. The van der Waals surface area contributed by atoms with E-state index < -0.39 is 53.1 Å². The van der Waals surface area contributed by atoms with E-state index in [4.69, 9.17) is 0 Å². The Morgan fingerprint density at radius 2 is 0.571 bits per heavy atom. The third-order valence-corrected chi connectivity index (χ3v) is 4.63. The van der Waals surface area contributed by atoms with Crippen LogP contribution < -0.4 is 0 Å². The summed E-state index contributed by atoms with van der Waals surface area (Å²) in [7, 11) is 0. The first-order valence-electron chi connectivity index (χ1n) is 4.05. The number of hydrogen-bond donors (Lipinski definition) is 0. The van der Waals surface area contributed by atoms with E-state index in [1.165, 1.54) is 0 Å². The topological polar surface area (TPSA) is 0 Å². The van der Waals surface area contributed by atoms with E-state index >= 15 is 0 Å². The molecule has 0 aliphatic rings. The van der Waals surface area contributed by atoms with Gasteiger partial charge in [-0.2, -0.15) is 0 Å². The Hall–Kier alpha value is -0.190. The zero-order valence-corrected chi connectivity index (χ0v) is 11.0. The minimum absolute atomic E-state index is 5.81. The molecule has 0 aliphatic heterocycles. The Bertz CT molecular complexity index is 338. The average molecular weight is 466 g/mol. The van der Waals surface area contributed by atoms with Crippen LogP contribution in [0.25, 0.3) is 0 Å². The van der Waals surface area contributed by atoms with Crippen molar-refractivity contribution in [3.05, 3.63) is 0 Å². The van der Waals surface area contributed by atoms with E-state index in [9.17, 15) is 61.5 Å². The molecule has 0 amide bonds. The molecule has 0 aromatic heterocycles. The van der Waals surface area contributed by atoms with Crippen LogP contribution in [0, 0.1) is 0 Å². The molecule has 0 rings (SSSR count). The van der Waals surface area contributed by atoms with Gasteiger partial charge in [0, 0.05) is 0 Å². The first-order valence-corrected chi connectivity index (χ1v) is 6.38. The minimum atomic E-state index is -7.17. The van der Waals surface area contributed by atoms with Crippen LogP contribution in [-0.4, -0.2) is 53.1 Å². The molecule has 128 valence electrons. The molecule has 0 spiro atoms. The summed E-state index contributed by atoms with van der Waals surface area (Å²) < 4.78 is 155. The second-order valence-corrected chi connectivity index (χ2v) is 6.79. The summed E-state index contributed by atoms with van der Waals surface area (Å²) in [5.41, 5.74) is 0. The van der Waals surface area contributed by atoms with E-state index in [1.54, 1.807) is 0 Å². The molecule has 0 N–H and O–H groups in total. The normalized spacial score (nSPS) is 16.3. The molecule has 0 saturated heterocycles. The fourth-order valence-corrected chi connectivity index (χ4v) is 2.93. The third-order valence-electron chi connectivity index (χ3n) is 1.70. The van der Waals surface area contributed by atoms with Gasteiger partial charge in [0.1, 0.15) is 0 Å². The second kappa shape index (κ2) is 5.17. The number of alkyl halides is 14. The average Bonchev–Trinajstić information content (AvgIpc) is 2.11. The third kappa shape index (κ3) is 3.59. The van der Waals surface area contributed by atoms with Gasteiger partial charge in [-0.3, -0.25) is 0 Å². The summed E-state index contributed by atoms with van der Waals surface area (Å²) in [5.74, 6) is -14.3. The van der Waals surface area contributed by atoms with Crippen molar-refractivity contribution in [2.24, 2.45) is 0 Å². The quantitative estimate of drug-likeness (QED) is 0.430. The van der Waals surface area contributed by atoms with Crippen molar-refractivity contribution in [2.45, 2.75) is 32.1 Å². The van der Waals surface area contributed by atoms with Gasteiger partial charge in [0.15, 0.2) is 0 Å². The van der Waals surface area contributed by atoms with Crippen LogP contribution in [0.3, 0.4) is 0 Å². The van der Waals surface area contributed by atoms with Gasteiger partial charge in [-0.15, -0.1) is 0 Å². The van der Waals surface area contributed by atoms with Crippen molar-refractivity contribution in [2.75, 3.05) is 0 Å². The first-order chi connectivity index (χ1) is 8.71. The van der Waals surface area contributed by atoms with E-state index in [0.29, 0.717) is 0 Å². The summed E-state index contributed by atoms with van der Waals surface area (Å²) >= 11 is -5.81. The summed E-state index contributed by atoms with van der Waals surface area (Å²) in [6.45, 7) is 0. The molecule has 0 aromatic carbocycles. The molecule has 0 radical (unpaired) electrons. The first kappa shape index (κ1) is 20.8. The van der Waals surface area contributed by atoms with E-state index in [-0.39, 0.29) is 0 Å². The monoisotopic (exact) mass is 468 g/mol. The molecule has 0 aromatic rings. The van der Waals surface area contributed by atoms with Gasteiger partial charge in [-0.1, -0.05) is 0 Å². The molecule has 0 aliphatic carbocycles. The Morgan fingerprint density at radius 3 is 0.714 bits per heavy atom. The van der Waals surface area contributed by atoms with E-state index in [2.05, 4.69) is 0 Å². The Kier molecular flexibility index (Phi) is 5.13. The predicted octanol–water partition coefficient (Wildman–Crippen LogP) is 4.27. The molecule has 0 fully saturated rings. The summed E-state index contributed by atoms with van der Waals surface area (Å²) in [5, 5.41) is 0. The van der Waals surface area contributed by atoms with Crippen molar-refractivity contribution in [3.8, 4) is 0 Å². The summed E-state index contributed by atoms with van der Waals surface area (Å²) in [6.07, 6.45) is -14.2. The summed E-state index contributed by atoms with van der Waals surface area (Å²) in [4.78, 5) is 0. The van der Waals surface area contributed by atoms with Crippen molar-refractivity contribution in [1.82, 2.24) is 0 Å². The van der Waals surface area contributed by atoms with Crippen LogP contribution in [0.4, 0.5) is 61.5 Å². The molecule has 0 saturated carbocycles. The Morgan fingerprint density at radius 1 is 0.381 bits per heavy atom. The van der Waals surface area contributed by atoms with Crippen LogP contribution >= 0.6 is 0 Å². The molecule has 15 heteroatoms. The molecule has 0 nitrogen and oxygen atoms in total. The second-order valence-electron chi connectivity index (χ2n) is 3.28. The van der Waals surface area contributed by atoms with Gasteiger partial charge < -0.3 is 0 Å². The SMILES string of the molecule is FC(F)(F)C(F)(F)C(F)(F)[Te]C(F)(F)C(F)(F)C(F)(F)F. The van der Waals surface area contributed by atoms with Crippen LogP contribution in [0.15, 0.2) is 0 Å². The van der Waals surface area contributed by atoms with E-state index in [1.807, 2.05) is 0 Å². The molecule has 0 unspecified atom stereocenters. The number of hydrogen-bond acceptors (Lipinski definition) is 0. The molecule has 0 atom stereocenters. The van der Waals surface area contributed by atoms with Crippen LogP contribution in [-0.2, 0) is 0 Å². The van der Waals surface area contributed by atoms with Crippen LogP contribution in [0.1, 0.15) is 0 Å². The summed E-state index contributed by atoms with van der Waals surface area (Å²) in [6, 6.07) is 0. The van der Waals surface area contributed by atoms with Gasteiger partial charge >= 0.3 is 115 Å². The van der Waals surface area contributed by atoms with Gasteiger partial charge in [-0.25, -0.2) is 0 Å². The maximum absolute atomic E-state index is 12.5. The molecule has 21 heavy (non-hydrogen) atoms. The molecule has 0 heterocycles. The molecular weight excluding hydrogens is 466 g/mol. The van der Waals surface area contributed by atoms with E-state index in [0.717, 1.165) is 0 Å². The van der Waals surface area contributed by atoms with Gasteiger partial charge in [-0.05, 0) is 0 Å². The van der Waals surface area contributed by atoms with Gasteiger partial charge in [0.25, 0.3) is 0 Å². The van der Waals surface area contributed by atoms with Crippen LogP contribution in [0.2, 0.25) is 0 Å². The molecule has 0 bridgehead atoms. The Labute approximate surface area is 115 Å². The van der Waals surface area contributed by atoms with Crippen molar-refractivity contribution in [3.63, 3.8) is 0 Å². The number of halogens is 14. The molecular formula is C6F14Te.